The predicted octanol–water partition coefficient (Wildman–Crippen LogP) is 0.922. The second kappa shape index (κ2) is 5.94. The number of nitrogens with one attached hydrogen (secondary N) is 1. The number of hydrazone groups is 1. The molecule has 1 rings (SSSR count). The molecular formula is C11H8N4O. The van der Waals surface area contributed by atoms with E-state index in [2.05, 4.69) is 10.5 Å². The third-order valence-corrected chi connectivity index (χ3v) is 1.68. The van der Waals surface area contributed by atoms with Crippen LogP contribution in [0.25, 0.3) is 0 Å². The Morgan fingerprint density at radius 2 is 2.06 bits per heavy atom. The molecule has 1 aromatic carbocycles. The van der Waals surface area contributed by atoms with Crippen molar-refractivity contribution in [2.75, 3.05) is 0 Å². The summed E-state index contributed by atoms with van der Waals surface area (Å²) >= 11 is 0. The maximum atomic E-state index is 10.8. The average molecular weight is 212 g/mol. The van der Waals surface area contributed by atoms with Gasteiger partial charge in [-0.3, -0.25) is 4.79 Å². The van der Waals surface area contributed by atoms with Crippen molar-refractivity contribution >= 4 is 12.1 Å². The van der Waals surface area contributed by atoms with E-state index in [9.17, 15) is 4.79 Å². The zero-order valence-corrected chi connectivity index (χ0v) is 8.34. The summed E-state index contributed by atoms with van der Waals surface area (Å²) in [6, 6.07) is 10.4. The molecule has 16 heavy (non-hydrogen) atoms. The Morgan fingerprint density at radius 3 is 2.62 bits per heavy atom. The first-order chi connectivity index (χ1) is 7.76. The number of benzene rings is 1. The molecule has 1 aromatic rings. The Balaban J connectivity index is 2.54. The quantitative estimate of drug-likeness (QED) is 0.596. The van der Waals surface area contributed by atoms with E-state index in [1.807, 2.05) is 6.07 Å². The van der Waals surface area contributed by atoms with Crippen molar-refractivity contribution < 1.29 is 4.79 Å². The van der Waals surface area contributed by atoms with Gasteiger partial charge in [0.2, 0.25) is 0 Å². The van der Waals surface area contributed by atoms with E-state index in [-0.39, 0.29) is 6.42 Å². The van der Waals surface area contributed by atoms with Crippen LogP contribution in [0.15, 0.2) is 29.4 Å². The van der Waals surface area contributed by atoms with E-state index >= 15 is 0 Å². The van der Waals surface area contributed by atoms with Gasteiger partial charge in [-0.25, -0.2) is 5.43 Å². The van der Waals surface area contributed by atoms with E-state index in [0.717, 1.165) is 5.56 Å². The van der Waals surface area contributed by atoms with Gasteiger partial charge >= 0.3 is 0 Å². The molecule has 0 aliphatic rings. The van der Waals surface area contributed by atoms with Crippen molar-refractivity contribution in [2.24, 2.45) is 5.10 Å². The lowest BCUT2D eigenvalue weighted by Crippen LogP contribution is -2.16. The van der Waals surface area contributed by atoms with Gasteiger partial charge in [0.05, 0.1) is 23.9 Å². The highest BCUT2D eigenvalue weighted by Crippen LogP contribution is 2.00. The van der Waals surface area contributed by atoms with Crippen LogP contribution in [0.3, 0.4) is 0 Å². The topological polar surface area (TPSA) is 89.0 Å². The lowest BCUT2D eigenvalue weighted by atomic mass is 10.2. The second-order valence-electron chi connectivity index (χ2n) is 2.86. The van der Waals surface area contributed by atoms with E-state index in [0.29, 0.717) is 5.56 Å². The van der Waals surface area contributed by atoms with Crippen LogP contribution in [0.1, 0.15) is 17.5 Å². The molecule has 0 atom stereocenters. The lowest BCUT2D eigenvalue weighted by molar-refractivity contribution is -0.120. The molecule has 1 N–H and O–H groups in total. The highest BCUT2D eigenvalue weighted by molar-refractivity contribution is 5.83. The molecule has 5 heteroatoms. The standard InChI is InChI=1S/C11H8N4O/c12-6-5-11(16)15-14-8-10-3-1-9(7-13)2-4-10/h1-4,8H,5H2,(H,15,16)/b14-8+. The van der Waals surface area contributed by atoms with Crippen molar-refractivity contribution in [3.8, 4) is 12.1 Å². The summed E-state index contributed by atoms with van der Waals surface area (Å²) in [5.74, 6) is -0.451. The molecule has 0 radical (unpaired) electrons. The smallest absolute Gasteiger partial charge is 0.254 e. The van der Waals surface area contributed by atoms with E-state index in [4.69, 9.17) is 10.5 Å². The SMILES string of the molecule is N#CCC(=O)N/N=C/c1ccc(C#N)cc1. The molecule has 5 nitrogen and oxygen atoms in total. The molecule has 78 valence electrons. The van der Waals surface area contributed by atoms with E-state index in [1.54, 1.807) is 30.3 Å². The molecule has 0 heterocycles. The molecule has 0 bridgehead atoms. The molecule has 0 saturated heterocycles. The van der Waals surface area contributed by atoms with Crippen molar-refractivity contribution in [3.05, 3.63) is 35.4 Å². The normalized spacial score (nSPS) is 9.38. The predicted molar refractivity (Wildman–Crippen MR) is 57.1 cm³/mol. The molecule has 1 amide bonds. The number of hydrogen-bond donors (Lipinski definition) is 1. The van der Waals surface area contributed by atoms with Crippen LogP contribution >= 0.6 is 0 Å². The number of carbonyl (C=O) groups is 1. The van der Waals surface area contributed by atoms with Crippen molar-refractivity contribution in [1.29, 1.82) is 10.5 Å². The molecule has 0 fully saturated rings. The van der Waals surface area contributed by atoms with Crippen LogP contribution in [0.5, 0.6) is 0 Å². The summed E-state index contributed by atoms with van der Waals surface area (Å²) in [4.78, 5) is 10.8. The van der Waals surface area contributed by atoms with Gasteiger partial charge in [-0.15, -0.1) is 0 Å². The minimum Gasteiger partial charge on any atom is -0.272 e. The van der Waals surface area contributed by atoms with Crippen LogP contribution < -0.4 is 5.43 Å². The van der Waals surface area contributed by atoms with Gasteiger partial charge in [-0.05, 0) is 17.7 Å². The number of rotatable bonds is 3. The largest absolute Gasteiger partial charge is 0.272 e. The molecule has 0 aliphatic carbocycles. The summed E-state index contributed by atoms with van der Waals surface area (Å²) in [5, 5.41) is 20.4. The number of carbonyl (C=O) groups excluding carboxylic acids is 1. The summed E-state index contributed by atoms with van der Waals surface area (Å²) in [5.41, 5.74) is 3.52. The highest BCUT2D eigenvalue weighted by Gasteiger charge is 1.95. The third kappa shape index (κ3) is 3.60. The van der Waals surface area contributed by atoms with Crippen LogP contribution in [-0.4, -0.2) is 12.1 Å². The summed E-state index contributed by atoms with van der Waals surface area (Å²) in [6.45, 7) is 0. The van der Waals surface area contributed by atoms with Gasteiger partial charge in [0.25, 0.3) is 5.91 Å². The molecule has 0 saturated carbocycles. The Hall–Kier alpha value is -2.66. The zero-order chi connectivity index (χ0) is 11.8. The average Bonchev–Trinajstić information content (AvgIpc) is 2.30. The highest BCUT2D eigenvalue weighted by atomic mass is 16.2. The van der Waals surface area contributed by atoms with Crippen molar-refractivity contribution in [1.82, 2.24) is 5.43 Å². The third-order valence-electron chi connectivity index (χ3n) is 1.68. The second-order valence-corrected chi connectivity index (χ2v) is 2.86. The Labute approximate surface area is 92.6 Å². The van der Waals surface area contributed by atoms with E-state index in [1.165, 1.54) is 6.21 Å². The van der Waals surface area contributed by atoms with Crippen LogP contribution in [0.2, 0.25) is 0 Å². The van der Waals surface area contributed by atoms with Crippen LogP contribution in [0.4, 0.5) is 0 Å². The fourth-order valence-corrected chi connectivity index (χ4v) is 0.934. The van der Waals surface area contributed by atoms with Crippen molar-refractivity contribution in [3.63, 3.8) is 0 Å². The number of amides is 1. The first kappa shape index (κ1) is 11.4. The minimum absolute atomic E-state index is 0.218. The number of nitriles is 2. The van der Waals surface area contributed by atoms with Gasteiger partial charge in [0.1, 0.15) is 6.42 Å². The summed E-state index contributed by atoms with van der Waals surface area (Å²) in [7, 11) is 0. The summed E-state index contributed by atoms with van der Waals surface area (Å²) < 4.78 is 0. The maximum absolute atomic E-state index is 10.8. The Kier molecular flexibility index (Phi) is 4.24. The van der Waals surface area contributed by atoms with Gasteiger partial charge in [-0.1, -0.05) is 12.1 Å². The van der Waals surface area contributed by atoms with Gasteiger partial charge < -0.3 is 0 Å². The number of hydrogen-bond acceptors (Lipinski definition) is 4. The minimum atomic E-state index is -0.451. The van der Waals surface area contributed by atoms with Gasteiger partial charge in [-0.2, -0.15) is 15.6 Å². The number of nitrogens with zero attached hydrogens (tertiary/aromatic N) is 3. The Morgan fingerprint density at radius 1 is 1.38 bits per heavy atom. The molecule has 0 aliphatic heterocycles. The van der Waals surface area contributed by atoms with Gasteiger partial charge in [0, 0.05) is 0 Å². The fourth-order valence-electron chi connectivity index (χ4n) is 0.934. The monoisotopic (exact) mass is 212 g/mol. The van der Waals surface area contributed by atoms with Crippen LogP contribution in [-0.2, 0) is 4.79 Å². The molecule has 0 spiro atoms. The first-order valence-corrected chi connectivity index (χ1v) is 4.45. The fraction of sp³-hybridized carbons (Fsp3) is 0.0909. The van der Waals surface area contributed by atoms with Crippen LogP contribution in [0, 0.1) is 22.7 Å². The lowest BCUT2D eigenvalue weighted by Gasteiger charge is -1.94. The molecule has 0 aromatic heterocycles. The first-order valence-electron chi connectivity index (χ1n) is 4.45. The molecule has 0 unspecified atom stereocenters. The summed E-state index contributed by atoms with van der Waals surface area (Å²) in [6.07, 6.45) is 1.22. The molecular weight excluding hydrogens is 204 g/mol. The van der Waals surface area contributed by atoms with Gasteiger partial charge in [0.15, 0.2) is 0 Å². The maximum Gasteiger partial charge on any atom is 0.254 e. The Bertz CT molecular complexity index is 476. The zero-order valence-electron chi connectivity index (χ0n) is 8.34. The van der Waals surface area contributed by atoms with Crippen molar-refractivity contribution in [2.45, 2.75) is 6.42 Å². The van der Waals surface area contributed by atoms with E-state index < -0.39 is 5.91 Å².